The van der Waals surface area contributed by atoms with Crippen LogP contribution in [0.3, 0.4) is 0 Å². The van der Waals surface area contributed by atoms with Gasteiger partial charge in [0.2, 0.25) is 5.91 Å². The van der Waals surface area contributed by atoms with E-state index in [1.54, 1.807) is 0 Å². The summed E-state index contributed by atoms with van der Waals surface area (Å²) in [7, 11) is 0. The first-order valence-corrected chi connectivity index (χ1v) is 8.17. The smallest absolute Gasteiger partial charge is 0.326 e. The van der Waals surface area contributed by atoms with E-state index >= 15 is 0 Å². The molecule has 0 aromatic heterocycles. The average Bonchev–Trinajstić information content (AvgIpc) is 2.58. The van der Waals surface area contributed by atoms with E-state index in [1.807, 2.05) is 18.2 Å². The second kappa shape index (κ2) is 9.22. The largest absolute Gasteiger partial charge is 0.416 e. The lowest BCUT2D eigenvalue weighted by Gasteiger charge is -2.10. The Morgan fingerprint density at radius 2 is 1.72 bits per heavy atom. The van der Waals surface area contributed by atoms with Crippen LogP contribution in [0.2, 0.25) is 0 Å². The zero-order valence-electron chi connectivity index (χ0n) is 13.8. The normalized spacial score (nSPS) is 11.3. The Kier molecular flexibility index (Phi) is 7.01. The lowest BCUT2D eigenvalue weighted by atomic mass is 10.1. The Morgan fingerprint density at radius 1 is 0.960 bits per heavy atom. The molecule has 0 fully saturated rings. The number of carbonyl (C=O) groups is 1. The Hall–Kier alpha value is -2.34. The first-order valence-electron chi connectivity index (χ1n) is 8.17. The number of alkyl halides is 3. The number of nitrogens with one attached hydrogen (secondary N) is 2. The molecule has 0 saturated heterocycles. The minimum absolute atomic E-state index is 0.156. The van der Waals surface area contributed by atoms with Gasteiger partial charge in [0.15, 0.2) is 0 Å². The van der Waals surface area contributed by atoms with Crippen LogP contribution in [0.25, 0.3) is 0 Å². The van der Waals surface area contributed by atoms with Gasteiger partial charge in [0.25, 0.3) is 0 Å². The highest BCUT2D eigenvalue weighted by Crippen LogP contribution is 2.30. The predicted molar refractivity (Wildman–Crippen MR) is 92.3 cm³/mol. The molecule has 0 aliphatic heterocycles. The molecule has 2 aromatic rings. The Labute approximate surface area is 145 Å². The highest BCUT2D eigenvalue weighted by atomic mass is 19.4. The van der Waals surface area contributed by atoms with Crippen LogP contribution in [0.15, 0.2) is 54.6 Å². The van der Waals surface area contributed by atoms with Gasteiger partial charge in [-0.2, -0.15) is 13.2 Å². The summed E-state index contributed by atoms with van der Waals surface area (Å²) in [5.41, 5.74) is 0.653. The summed E-state index contributed by atoms with van der Waals surface area (Å²) < 4.78 is 37.9. The monoisotopic (exact) mass is 350 g/mol. The van der Waals surface area contributed by atoms with Crippen molar-refractivity contribution in [3.63, 3.8) is 0 Å². The molecule has 25 heavy (non-hydrogen) atoms. The van der Waals surface area contributed by atoms with Crippen molar-refractivity contribution in [3.8, 4) is 0 Å². The highest BCUT2D eigenvalue weighted by molar-refractivity contribution is 5.90. The summed E-state index contributed by atoms with van der Waals surface area (Å²) >= 11 is 0. The number of rotatable bonds is 8. The number of anilines is 1. The maximum absolute atomic E-state index is 12.6. The van der Waals surface area contributed by atoms with Crippen molar-refractivity contribution in [2.45, 2.75) is 25.4 Å². The van der Waals surface area contributed by atoms with Crippen molar-refractivity contribution in [3.05, 3.63) is 65.7 Å². The van der Waals surface area contributed by atoms with Crippen LogP contribution >= 0.6 is 0 Å². The number of carbonyl (C=O) groups excluding carboxylic acids is 1. The zero-order chi connectivity index (χ0) is 18.1. The molecule has 1 amide bonds. The molecular formula is C19H21F3N2O. The summed E-state index contributed by atoms with van der Waals surface area (Å²) in [6, 6.07) is 14.8. The number of hydrogen-bond donors (Lipinski definition) is 2. The molecule has 0 unspecified atom stereocenters. The molecule has 3 nitrogen and oxygen atoms in total. The fraction of sp³-hybridized carbons (Fsp3) is 0.316. The standard InChI is InChI=1S/C19H21F3N2O/c20-19(21,22)16-9-4-10-17(14-16)24-18(25)11-13-23-12-5-8-15-6-2-1-3-7-15/h1-4,6-7,9-10,14,23H,5,8,11-13H2,(H,24,25). The van der Waals surface area contributed by atoms with Gasteiger partial charge in [0.1, 0.15) is 0 Å². The van der Waals surface area contributed by atoms with Crippen LogP contribution < -0.4 is 10.6 Å². The minimum atomic E-state index is -4.42. The van der Waals surface area contributed by atoms with Crippen LogP contribution in [0.1, 0.15) is 24.0 Å². The molecule has 2 rings (SSSR count). The van der Waals surface area contributed by atoms with E-state index in [2.05, 4.69) is 22.8 Å². The molecular weight excluding hydrogens is 329 g/mol. The molecule has 0 bridgehead atoms. The predicted octanol–water partition coefficient (Wildman–Crippen LogP) is 4.26. The summed E-state index contributed by atoms with van der Waals surface area (Å²) in [5, 5.41) is 5.66. The van der Waals surface area contributed by atoms with Crippen LogP contribution in [-0.4, -0.2) is 19.0 Å². The lowest BCUT2D eigenvalue weighted by Crippen LogP contribution is -2.23. The molecule has 0 spiro atoms. The first kappa shape index (κ1) is 19.0. The van der Waals surface area contributed by atoms with Crippen molar-refractivity contribution in [2.75, 3.05) is 18.4 Å². The minimum Gasteiger partial charge on any atom is -0.326 e. The molecule has 0 atom stereocenters. The first-order chi connectivity index (χ1) is 11.9. The molecule has 0 saturated carbocycles. The van der Waals surface area contributed by atoms with Gasteiger partial charge in [-0.3, -0.25) is 4.79 Å². The molecule has 0 radical (unpaired) electrons. The molecule has 134 valence electrons. The van der Waals surface area contributed by atoms with E-state index in [4.69, 9.17) is 0 Å². The SMILES string of the molecule is O=C(CCNCCCc1ccccc1)Nc1cccc(C(F)(F)F)c1. The van der Waals surface area contributed by atoms with Gasteiger partial charge in [0.05, 0.1) is 5.56 Å². The second-order valence-corrected chi connectivity index (χ2v) is 5.72. The van der Waals surface area contributed by atoms with E-state index < -0.39 is 11.7 Å². The number of halogens is 3. The van der Waals surface area contributed by atoms with E-state index in [0.717, 1.165) is 31.5 Å². The van der Waals surface area contributed by atoms with Crippen LogP contribution in [-0.2, 0) is 17.4 Å². The van der Waals surface area contributed by atoms with Gasteiger partial charge in [-0.1, -0.05) is 36.4 Å². The number of aryl methyl sites for hydroxylation is 1. The van der Waals surface area contributed by atoms with Crippen molar-refractivity contribution in [1.82, 2.24) is 5.32 Å². The molecule has 0 aliphatic carbocycles. The summed E-state index contributed by atoms with van der Waals surface area (Å²) in [5.74, 6) is -0.310. The topological polar surface area (TPSA) is 41.1 Å². The second-order valence-electron chi connectivity index (χ2n) is 5.72. The van der Waals surface area contributed by atoms with E-state index in [-0.39, 0.29) is 18.0 Å². The Bertz CT molecular complexity index is 672. The molecule has 0 aliphatic rings. The number of amides is 1. The summed E-state index contributed by atoms with van der Waals surface area (Å²) in [6.07, 6.45) is -2.29. The quantitative estimate of drug-likeness (QED) is 0.699. The van der Waals surface area contributed by atoms with Gasteiger partial charge in [-0.15, -0.1) is 0 Å². The fourth-order valence-electron chi connectivity index (χ4n) is 2.39. The van der Waals surface area contributed by atoms with Gasteiger partial charge < -0.3 is 10.6 Å². The maximum Gasteiger partial charge on any atom is 0.416 e. The van der Waals surface area contributed by atoms with Gasteiger partial charge >= 0.3 is 6.18 Å². The zero-order valence-corrected chi connectivity index (χ0v) is 13.8. The van der Waals surface area contributed by atoms with E-state index in [9.17, 15) is 18.0 Å². The lowest BCUT2D eigenvalue weighted by molar-refractivity contribution is -0.137. The van der Waals surface area contributed by atoms with Gasteiger partial charge in [0, 0.05) is 18.7 Å². The number of benzene rings is 2. The van der Waals surface area contributed by atoms with Crippen LogP contribution in [0, 0.1) is 0 Å². The van der Waals surface area contributed by atoms with Crippen molar-refractivity contribution in [2.24, 2.45) is 0 Å². The van der Waals surface area contributed by atoms with Crippen molar-refractivity contribution < 1.29 is 18.0 Å². The van der Waals surface area contributed by atoms with Crippen LogP contribution in [0.5, 0.6) is 0 Å². The third kappa shape index (κ3) is 6.97. The Morgan fingerprint density at radius 3 is 2.44 bits per heavy atom. The van der Waals surface area contributed by atoms with Crippen molar-refractivity contribution in [1.29, 1.82) is 0 Å². The third-order valence-electron chi connectivity index (χ3n) is 3.66. The van der Waals surface area contributed by atoms with Crippen LogP contribution in [0.4, 0.5) is 18.9 Å². The molecule has 2 aromatic carbocycles. The molecule has 0 heterocycles. The number of hydrogen-bond acceptors (Lipinski definition) is 2. The highest BCUT2D eigenvalue weighted by Gasteiger charge is 2.30. The van der Waals surface area contributed by atoms with Gasteiger partial charge in [-0.25, -0.2) is 0 Å². The maximum atomic E-state index is 12.6. The average molecular weight is 350 g/mol. The van der Waals surface area contributed by atoms with Crippen molar-refractivity contribution >= 4 is 11.6 Å². The Balaban J connectivity index is 1.64. The third-order valence-corrected chi connectivity index (χ3v) is 3.66. The molecule has 2 N–H and O–H groups in total. The van der Waals surface area contributed by atoms with E-state index in [0.29, 0.717) is 6.54 Å². The fourth-order valence-corrected chi connectivity index (χ4v) is 2.39. The summed E-state index contributed by atoms with van der Waals surface area (Å²) in [6.45, 7) is 1.27. The van der Waals surface area contributed by atoms with Gasteiger partial charge in [-0.05, 0) is 43.1 Å². The summed E-state index contributed by atoms with van der Waals surface area (Å²) in [4.78, 5) is 11.8. The van der Waals surface area contributed by atoms with E-state index in [1.165, 1.54) is 17.7 Å². The molecule has 6 heteroatoms.